The van der Waals surface area contributed by atoms with E-state index in [4.69, 9.17) is 5.73 Å². The summed E-state index contributed by atoms with van der Waals surface area (Å²) in [4.78, 5) is 26.5. The maximum absolute atomic E-state index is 12.5. The third-order valence-electron chi connectivity index (χ3n) is 5.01. The van der Waals surface area contributed by atoms with Crippen LogP contribution in [0.2, 0.25) is 0 Å². The van der Waals surface area contributed by atoms with Crippen LogP contribution in [-0.2, 0) is 9.59 Å². The number of fused-ring (bicyclic) bond motifs is 1. The molecule has 0 aromatic heterocycles. The van der Waals surface area contributed by atoms with Gasteiger partial charge in [0.15, 0.2) is 0 Å². The Morgan fingerprint density at radius 2 is 1.67 bits per heavy atom. The first-order valence-electron chi connectivity index (χ1n) is 7.01. The number of hydrogen-bond donors (Lipinski definition) is 1. The van der Waals surface area contributed by atoms with E-state index in [-0.39, 0.29) is 29.6 Å². The van der Waals surface area contributed by atoms with E-state index in [9.17, 15) is 9.59 Å². The average molecular weight is 252 g/mol. The maximum Gasteiger partial charge on any atom is 0.233 e. The molecule has 2 amide bonds. The SMILES string of the molecule is CC(C)C(C)(CN)N1C(=O)C2CCCCC2C1=O. The van der Waals surface area contributed by atoms with Crippen molar-refractivity contribution >= 4 is 11.8 Å². The monoisotopic (exact) mass is 252 g/mol. The first-order chi connectivity index (χ1) is 8.43. The van der Waals surface area contributed by atoms with Crippen LogP contribution in [0.15, 0.2) is 0 Å². The highest BCUT2D eigenvalue weighted by molar-refractivity contribution is 6.06. The fourth-order valence-electron chi connectivity index (χ4n) is 3.25. The highest BCUT2D eigenvalue weighted by Gasteiger charge is 2.54. The molecule has 4 nitrogen and oxygen atoms in total. The molecule has 1 aliphatic heterocycles. The third-order valence-corrected chi connectivity index (χ3v) is 5.01. The predicted molar refractivity (Wildman–Crippen MR) is 69.6 cm³/mol. The lowest BCUT2D eigenvalue weighted by molar-refractivity contribution is -0.148. The van der Waals surface area contributed by atoms with Crippen LogP contribution >= 0.6 is 0 Å². The van der Waals surface area contributed by atoms with Crippen molar-refractivity contribution < 1.29 is 9.59 Å². The Labute approximate surface area is 109 Å². The highest BCUT2D eigenvalue weighted by Crippen LogP contribution is 2.42. The first kappa shape index (κ1) is 13.5. The molecule has 0 radical (unpaired) electrons. The molecule has 1 aliphatic carbocycles. The van der Waals surface area contributed by atoms with E-state index in [0.29, 0.717) is 6.54 Å². The van der Waals surface area contributed by atoms with E-state index in [1.165, 1.54) is 4.90 Å². The summed E-state index contributed by atoms with van der Waals surface area (Å²) in [6.45, 7) is 6.32. The summed E-state index contributed by atoms with van der Waals surface area (Å²) < 4.78 is 0. The van der Waals surface area contributed by atoms with Crippen molar-refractivity contribution in [2.45, 2.75) is 52.0 Å². The molecule has 0 aromatic carbocycles. The minimum absolute atomic E-state index is 0.0198. The summed E-state index contributed by atoms with van der Waals surface area (Å²) in [5.74, 6) is 0.0694. The molecule has 2 N–H and O–H groups in total. The van der Waals surface area contributed by atoms with E-state index in [1.807, 2.05) is 20.8 Å². The molecule has 18 heavy (non-hydrogen) atoms. The van der Waals surface area contributed by atoms with Crippen molar-refractivity contribution in [3.63, 3.8) is 0 Å². The molecular weight excluding hydrogens is 228 g/mol. The zero-order valence-electron chi connectivity index (χ0n) is 11.6. The number of nitrogens with zero attached hydrogens (tertiary/aromatic N) is 1. The van der Waals surface area contributed by atoms with Crippen LogP contribution in [0.1, 0.15) is 46.5 Å². The number of nitrogens with two attached hydrogens (primary N) is 1. The van der Waals surface area contributed by atoms with Gasteiger partial charge in [-0.3, -0.25) is 14.5 Å². The van der Waals surface area contributed by atoms with Gasteiger partial charge in [0.1, 0.15) is 0 Å². The minimum Gasteiger partial charge on any atom is -0.328 e. The Balaban J connectivity index is 2.33. The Hall–Kier alpha value is -0.900. The molecule has 3 atom stereocenters. The van der Waals surface area contributed by atoms with E-state index in [2.05, 4.69) is 0 Å². The number of rotatable bonds is 3. The van der Waals surface area contributed by atoms with E-state index < -0.39 is 5.54 Å². The van der Waals surface area contributed by atoms with Gasteiger partial charge < -0.3 is 5.73 Å². The molecule has 3 unspecified atom stereocenters. The second kappa shape index (κ2) is 4.65. The molecule has 2 rings (SSSR count). The van der Waals surface area contributed by atoms with Gasteiger partial charge in [0.2, 0.25) is 11.8 Å². The summed E-state index contributed by atoms with van der Waals surface area (Å²) in [5.41, 5.74) is 5.32. The lowest BCUT2D eigenvalue weighted by Crippen LogP contribution is -2.58. The normalized spacial score (nSPS) is 31.7. The van der Waals surface area contributed by atoms with E-state index in [1.54, 1.807) is 0 Å². The summed E-state index contributed by atoms with van der Waals surface area (Å²) in [5, 5.41) is 0. The molecule has 0 bridgehead atoms. The Bertz CT molecular complexity index is 343. The molecule has 1 saturated carbocycles. The third kappa shape index (κ3) is 1.78. The minimum atomic E-state index is -0.536. The zero-order chi connectivity index (χ0) is 13.5. The molecular formula is C14H24N2O2. The lowest BCUT2D eigenvalue weighted by atomic mass is 9.81. The maximum atomic E-state index is 12.5. The number of likely N-dealkylation sites (tertiary alicyclic amines) is 1. The van der Waals surface area contributed by atoms with Gasteiger partial charge >= 0.3 is 0 Å². The molecule has 2 aliphatic rings. The largest absolute Gasteiger partial charge is 0.328 e. The van der Waals surface area contributed by atoms with Crippen LogP contribution in [0.3, 0.4) is 0 Å². The van der Waals surface area contributed by atoms with Crippen LogP contribution in [0, 0.1) is 17.8 Å². The summed E-state index contributed by atoms with van der Waals surface area (Å²) in [7, 11) is 0. The number of hydrogen-bond acceptors (Lipinski definition) is 3. The first-order valence-corrected chi connectivity index (χ1v) is 7.01. The summed E-state index contributed by atoms with van der Waals surface area (Å²) in [6, 6.07) is 0. The van der Waals surface area contributed by atoms with Crippen molar-refractivity contribution in [3.8, 4) is 0 Å². The van der Waals surface area contributed by atoms with E-state index >= 15 is 0 Å². The van der Waals surface area contributed by atoms with Crippen LogP contribution in [-0.4, -0.2) is 28.8 Å². The van der Waals surface area contributed by atoms with Crippen molar-refractivity contribution in [1.82, 2.24) is 4.90 Å². The second-order valence-electron chi connectivity index (χ2n) is 6.23. The number of carbonyl (C=O) groups is 2. The fourth-order valence-corrected chi connectivity index (χ4v) is 3.25. The highest BCUT2D eigenvalue weighted by atomic mass is 16.2. The van der Waals surface area contributed by atoms with Gasteiger partial charge in [-0.25, -0.2) is 0 Å². The summed E-state index contributed by atoms with van der Waals surface area (Å²) in [6.07, 6.45) is 3.86. The second-order valence-corrected chi connectivity index (χ2v) is 6.23. The van der Waals surface area contributed by atoms with Crippen LogP contribution in [0.25, 0.3) is 0 Å². The van der Waals surface area contributed by atoms with Gasteiger partial charge in [-0.1, -0.05) is 26.7 Å². The Morgan fingerprint density at radius 3 is 2.00 bits per heavy atom. The average Bonchev–Trinajstić information content (AvgIpc) is 2.62. The van der Waals surface area contributed by atoms with Crippen LogP contribution < -0.4 is 5.73 Å². The molecule has 0 spiro atoms. The fraction of sp³-hybridized carbons (Fsp3) is 0.857. The lowest BCUT2D eigenvalue weighted by Gasteiger charge is -2.40. The van der Waals surface area contributed by atoms with Gasteiger partial charge in [0.25, 0.3) is 0 Å². The van der Waals surface area contributed by atoms with Gasteiger partial charge in [-0.2, -0.15) is 0 Å². The summed E-state index contributed by atoms with van der Waals surface area (Å²) >= 11 is 0. The van der Waals surface area contributed by atoms with Crippen LogP contribution in [0.4, 0.5) is 0 Å². The molecule has 0 aromatic rings. The standard InChI is InChI=1S/C14H24N2O2/c1-9(2)14(3,8-15)16-12(17)10-6-4-5-7-11(10)13(16)18/h9-11H,4-8,15H2,1-3H3. The van der Waals surface area contributed by atoms with Crippen molar-refractivity contribution in [1.29, 1.82) is 0 Å². The Kier molecular flexibility index (Phi) is 3.49. The molecule has 4 heteroatoms. The number of amides is 2. The van der Waals surface area contributed by atoms with Gasteiger partial charge in [0.05, 0.1) is 17.4 Å². The van der Waals surface area contributed by atoms with E-state index in [0.717, 1.165) is 25.7 Å². The quantitative estimate of drug-likeness (QED) is 0.775. The molecule has 1 saturated heterocycles. The number of carbonyl (C=O) groups excluding carboxylic acids is 2. The molecule has 2 fully saturated rings. The molecule has 1 heterocycles. The number of imide groups is 1. The van der Waals surface area contributed by atoms with Gasteiger partial charge in [0, 0.05) is 6.54 Å². The van der Waals surface area contributed by atoms with Crippen molar-refractivity contribution in [3.05, 3.63) is 0 Å². The van der Waals surface area contributed by atoms with Crippen molar-refractivity contribution in [2.75, 3.05) is 6.54 Å². The smallest absolute Gasteiger partial charge is 0.233 e. The van der Waals surface area contributed by atoms with Crippen LogP contribution in [0.5, 0.6) is 0 Å². The van der Waals surface area contributed by atoms with Crippen molar-refractivity contribution in [2.24, 2.45) is 23.5 Å². The predicted octanol–water partition coefficient (Wildman–Crippen LogP) is 1.53. The van der Waals surface area contributed by atoms with Gasteiger partial charge in [-0.15, -0.1) is 0 Å². The van der Waals surface area contributed by atoms with Gasteiger partial charge in [-0.05, 0) is 25.7 Å². The zero-order valence-corrected chi connectivity index (χ0v) is 11.6. The Morgan fingerprint density at radius 1 is 1.22 bits per heavy atom. The molecule has 102 valence electrons. The topological polar surface area (TPSA) is 63.4 Å².